The summed E-state index contributed by atoms with van der Waals surface area (Å²) >= 11 is 5.84. The van der Waals surface area contributed by atoms with Crippen LogP contribution < -0.4 is 15.4 Å². The summed E-state index contributed by atoms with van der Waals surface area (Å²) in [5.41, 5.74) is 0.482. The molecule has 42 heavy (non-hydrogen) atoms. The lowest BCUT2D eigenvalue weighted by Gasteiger charge is -2.38. The lowest BCUT2D eigenvalue weighted by molar-refractivity contribution is -0.140. The Bertz CT molecular complexity index is 1370. The molecule has 0 radical (unpaired) electrons. The molecule has 230 valence electrons. The summed E-state index contributed by atoms with van der Waals surface area (Å²) in [5.74, 6) is -1.58. The van der Waals surface area contributed by atoms with Crippen LogP contribution in [0.15, 0.2) is 71.1 Å². The molecule has 0 heterocycles. The fourth-order valence-electron chi connectivity index (χ4n) is 4.38. The SMILES string of the molecule is CN[C@@H](Cc1ccccc1)C(=O)N[C@H](C(=O)N(C)[C@H](/C=C(\C)C(=O)NS(=O)(=O)c1ccc(Cl)cc1)C(C)C)C(C)(C)C. The molecule has 0 unspecified atom stereocenters. The predicted molar refractivity (Wildman–Crippen MR) is 166 cm³/mol. The van der Waals surface area contributed by atoms with Crippen molar-refractivity contribution in [1.82, 2.24) is 20.3 Å². The van der Waals surface area contributed by atoms with E-state index in [4.69, 9.17) is 11.6 Å². The van der Waals surface area contributed by atoms with Crippen molar-refractivity contribution in [3.05, 3.63) is 76.8 Å². The van der Waals surface area contributed by atoms with Crippen LogP contribution in [0.25, 0.3) is 0 Å². The van der Waals surface area contributed by atoms with Crippen LogP contribution in [-0.2, 0) is 30.8 Å². The third-order valence-corrected chi connectivity index (χ3v) is 8.55. The Labute approximate surface area is 255 Å². The second-order valence-corrected chi connectivity index (χ2v) is 13.9. The number of hydrogen-bond donors (Lipinski definition) is 3. The van der Waals surface area contributed by atoms with Crippen molar-refractivity contribution in [2.75, 3.05) is 14.1 Å². The van der Waals surface area contributed by atoms with E-state index >= 15 is 0 Å². The zero-order valence-electron chi connectivity index (χ0n) is 25.6. The molecule has 0 aliphatic heterocycles. The Morgan fingerprint density at radius 2 is 1.57 bits per heavy atom. The molecule has 0 bridgehead atoms. The summed E-state index contributed by atoms with van der Waals surface area (Å²) in [4.78, 5) is 41.5. The van der Waals surface area contributed by atoms with Gasteiger partial charge in [0.15, 0.2) is 0 Å². The fourth-order valence-corrected chi connectivity index (χ4v) is 5.52. The van der Waals surface area contributed by atoms with Gasteiger partial charge in [-0.1, -0.05) is 82.6 Å². The lowest BCUT2D eigenvalue weighted by Crippen LogP contribution is -2.59. The van der Waals surface area contributed by atoms with Crippen molar-refractivity contribution < 1.29 is 22.8 Å². The van der Waals surface area contributed by atoms with E-state index in [0.29, 0.717) is 11.4 Å². The number of sulfonamides is 1. The molecule has 0 spiro atoms. The summed E-state index contributed by atoms with van der Waals surface area (Å²) in [6.07, 6.45) is 2.03. The van der Waals surface area contributed by atoms with Crippen LogP contribution in [0.2, 0.25) is 5.02 Å². The summed E-state index contributed by atoms with van der Waals surface area (Å²) in [6, 6.07) is 13.1. The maximum atomic E-state index is 13.9. The van der Waals surface area contributed by atoms with E-state index in [1.165, 1.54) is 36.1 Å². The van der Waals surface area contributed by atoms with Crippen molar-refractivity contribution in [1.29, 1.82) is 0 Å². The zero-order valence-corrected chi connectivity index (χ0v) is 27.1. The average molecular weight is 619 g/mol. The Hall–Kier alpha value is -3.21. The minimum absolute atomic E-state index is 0.100. The van der Waals surface area contributed by atoms with Crippen molar-refractivity contribution in [2.24, 2.45) is 11.3 Å². The molecule has 3 amide bonds. The summed E-state index contributed by atoms with van der Waals surface area (Å²) in [5, 5.41) is 6.36. The Balaban J connectivity index is 2.26. The number of nitrogens with zero attached hydrogens (tertiary/aromatic N) is 1. The molecule has 3 N–H and O–H groups in total. The highest BCUT2D eigenvalue weighted by atomic mass is 35.5. The number of rotatable bonds is 12. The third-order valence-electron chi connectivity index (χ3n) is 6.95. The number of carbonyl (C=O) groups is 3. The van der Waals surface area contributed by atoms with Crippen LogP contribution >= 0.6 is 11.6 Å². The Morgan fingerprint density at radius 3 is 2.07 bits per heavy atom. The molecule has 0 aliphatic rings. The molecule has 2 aromatic carbocycles. The van der Waals surface area contributed by atoms with E-state index in [2.05, 4.69) is 15.4 Å². The maximum absolute atomic E-state index is 13.9. The molecule has 0 aliphatic carbocycles. The van der Waals surface area contributed by atoms with Gasteiger partial charge < -0.3 is 15.5 Å². The summed E-state index contributed by atoms with van der Waals surface area (Å²) in [7, 11) is -0.810. The Kier molecular flexibility index (Phi) is 12.3. The first-order chi connectivity index (χ1) is 19.5. The van der Waals surface area contributed by atoms with Crippen LogP contribution in [0.4, 0.5) is 0 Å². The zero-order chi connectivity index (χ0) is 31.8. The van der Waals surface area contributed by atoms with Gasteiger partial charge in [0.1, 0.15) is 6.04 Å². The summed E-state index contributed by atoms with van der Waals surface area (Å²) in [6.45, 7) is 10.9. The van der Waals surface area contributed by atoms with E-state index in [1.54, 1.807) is 20.2 Å². The van der Waals surface area contributed by atoms with Gasteiger partial charge in [-0.2, -0.15) is 0 Å². The van der Waals surface area contributed by atoms with Crippen LogP contribution in [0.3, 0.4) is 0 Å². The molecule has 0 saturated carbocycles. The van der Waals surface area contributed by atoms with Gasteiger partial charge in [0, 0.05) is 17.6 Å². The Morgan fingerprint density at radius 1 is 1.00 bits per heavy atom. The second-order valence-electron chi connectivity index (χ2n) is 11.8. The van der Waals surface area contributed by atoms with Gasteiger partial charge in [0.25, 0.3) is 15.9 Å². The normalized spacial score (nSPS) is 14.6. The molecular weight excluding hydrogens is 576 g/mol. The molecular formula is C31H43ClN4O5S. The van der Waals surface area contributed by atoms with Crippen molar-refractivity contribution in [3.63, 3.8) is 0 Å². The number of halogens is 1. The van der Waals surface area contributed by atoms with Gasteiger partial charge in [-0.05, 0) is 61.6 Å². The molecule has 2 aromatic rings. The van der Waals surface area contributed by atoms with Crippen LogP contribution in [0.1, 0.15) is 47.1 Å². The van der Waals surface area contributed by atoms with Crippen molar-refractivity contribution in [3.8, 4) is 0 Å². The van der Waals surface area contributed by atoms with Crippen molar-refractivity contribution in [2.45, 2.75) is 71.0 Å². The van der Waals surface area contributed by atoms with E-state index in [9.17, 15) is 22.8 Å². The number of likely N-dealkylation sites (N-methyl/N-ethyl adjacent to an activating group) is 2. The lowest BCUT2D eigenvalue weighted by atomic mass is 9.84. The van der Waals surface area contributed by atoms with Gasteiger partial charge >= 0.3 is 0 Å². The second kappa shape index (κ2) is 14.8. The van der Waals surface area contributed by atoms with Gasteiger partial charge in [-0.3, -0.25) is 14.4 Å². The fraction of sp³-hybridized carbons (Fsp3) is 0.452. The van der Waals surface area contributed by atoms with Gasteiger partial charge in [-0.15, -0.1) is 0 Å². The first kappa shape index (κ1) is 35.0. The average Bonchev–Trinajstić information content (AvgIpc) is 2.92. The van der Waals surface area contributed by atoms with Gasteiger partial charge in [0.2, 0.25) is 11.8 Å². The predicted octanol–water partition coefficient (Wildman–Crippen LogP) is 3.94. The molecule has 0 saturated heterocycles. The number of amides is 3. The van der Waals surface area contributed by atoms with E-state index in [1.807, 2.05) is 65.0 Å². The minimum atomic E-state index is -4.13. The highest BCUT2D eigenvalue weighted by molar-refractivity contribution is 7.90. The molecule has 9 nitrogen and oxygen atoms in total. The first-order valence-corrected chi connectivity index (χ1v) is 15.6. The number of hydrogen-bond acceptors (Lipinski definition) is 6. The van der Waals surface area contributed by atoms with Gasteiger partial charge in [0.05, 0.1) is 17.0 Å². The van der Waals surface area contributed by atoms with E-state index < -0.39 is 39.5 Å². The van der Waals surface area contributed by atoms with Gasteiger partial charge in [-0.25, -0.2) is 13.1 Å². The number of nitrogens with one attached hydrogen (secondary N) is 3. The third kappa shape index (κ3) is 9.68. The van der Waals surface area contributed by atoms with Crippen LogP contribution in [-0.4, -0.2) is 63.3 Å². The summed E-state index contributed by atoms with van der Waals surface area (Å²) < 4.78 is 27.5. The molecule has 3 atom stereocenters. The standard InChI is InChI=1S/C31H43ClN4O5S/c1-20(2)26(18-21(3)28(37)35-42(40,41)24-16-14-23(32)15-17-24)36(8)30(39)27(31(4,5)6)34-29(38)25(33-7)19-22-12-10-9-11-13-22/h9-18,20,25-27,33H,19H2,1-8H3,(H,34,38)(H,35,37)/b21-18+/t25-,26+,27+/m0/s1. The monoisotopic (exact) mass is 618 g/mol. The molecule has 11 heteroatoms. The largest absolute Gasteiger partial charge is 0.342 e. The first-order valence-electron chi connectivity index (χ1n) is 13.8. The molecule has 0 fully saturated rings. The van der Waals surface area contributed by atoms with E-state index in [0.717, 1.165) is 5.56 Å². The minimum Gasteiger partial charge on any atom is -0.342 e. The topological polar surface area (TPSA) is 125 Å². The molecule has 2 rings (SSSR count). The van der Waals surface area contributed by atoms with Crippen LogP contribution in [0, 0.1) is 11.3 Å². The molecule has 0 aromatic heterocycles. The quantitative estimate of drug-likeness (QED) is 0.310. The van der Waals surface area contributed by atoms with Crippen molar-refractivity contribution >= 4 is 39.3 Å². The highest BCUT2D eigenvalue weighted by Gasteiger charge is 2.38. The number of benzene rings is 2. The number of carbonyl (C=O) groups excluding carboxylic acids is 3. The smallest absolute Gasteiger partial charge is 0.264 e. The van der Waals surface area contributed by atoms with Crippen LogP contribution in [0.5, 0.6) is 0 Å². The highest BCUT2D eigenvalue weighted by Crippen LogP contribution is 2.24. The maximum Gasteiger partial charge on any atom is 0.264 e. The van der Waals surface area contributed by atoms with E-state index in [-0.39, 0.29) is 28.2 Å².